The van der Waals surface area contributed by atoms with E-state index >= 15 is 0 Å². The van der Waals surface area contributed by atoms with E-state index < -0.39 is 5.54 Å². The van der Waals surface area contributed by atoms with Crippen LogP contribution in [0.1, 0.15) is 80.5 Å². The Bertz CT molecular complexity index is 980. The van der Waals surface area contributed by atoms with Crippen LogP contribution in [0.2, 0.25) is 5.02 Å². The molecule has 7 heteroatoms. The molecule has 2 amide bonds. The molecule has 6 nitrogen and oxygen atoms in total. The van der Waals surface area contributed by atoms with Gasteiger partial charge in [-0.25, -0.2) is 0 Å². The van der Waals surface area contributed by atoms with E-state index in [1.165, 1.54) is 6.42 Å². The molecule has 1 aliphatic heterocycles. The lowest BCUT2D eigenvalue weighted by Gasteiger charge is -2.44. The molecular weight excluding hydrogens is 412 g/mol. The average Bonchev–Trinajstić information content (AvgIpc) is 3.17. The number of aromatic nitrogens is 2. The molecule has 166 valence electrons. The van der Waals surface area contributed by atoms with E-state index in [-0.39, 0.29) is 30.3 Å². The van der Waals surface area contributed by atoms with E-state index in [2.05, 4.69) is 24.3 Å². The van der Waals surface area contributed by atoms with Crippen LogP contribution in [-0.2, 0) is 17.9 Å². The lowest BCUT2D eigenvalue weighted by Crippen LogP contribution is -2.64. The molecule has 1 aromatic heterocycles. The molecule has 4 rings (SSSR count). The third-order valence-corrected chi connectivity index (χ3v) is 6.99. The van der Waals surface area contributed by atoms with Crippen molar-refractivity contribution in [1.82, 2.24) is 20.0 Å². The van der Waals surface area contributed by atoms with E-state index in [0.29, 0.717) is 17.3 Å². The van der Waals surface area contributed by atoms with Crippen molar-refractivity contribution in [3.8, 4) is 0 Å². The van der Waals surface area contributed by atoms with Gasteiger partial charge in [0.1, 0.15) is 11.2 Å². The molecule has 1 saturated carbocycles. The Kier molecular flexibility index (Phi) is 6.11. The van der Waals surface area contributed by atoms with Crippen molar-refractivity contribution in [2.45, 2.75) is 83.5 Å². The lowest BCUT2D eigenvalue weighted by molar-refractivity contribution is -0.134. The van der Waals surface area contributed by atoms with Crippen LogP contribution in [0.25, 0.3) is 0 Å². The van der Waals surface area contributed by atoms with Gasteiger partial charge in [0, 0.05) is 17.6 Å². The first kappa shape index (κ1) is 21.9. The first-order valence-electron chi connectivity index (χ1n) is 11.2. The first-order chi connectivity index (χ1) is 14.8. The molecule has 2 heterocycles. The number of nitrogens with one attached hydrogen (secondary N) is 1. The SMILES string of the molecule is CC(C)c1cc2n(n1)C[C@@](C)(C(=O)NC1CCCCC1)N(Cc1ccccc1Cl)C2=O. The molecule has 0 radical (unpaired) electrons. The highest BCUT2D eigenvalue weighted by molar-refractivity contribution is 6.31. The van der Waals surface area contributed by atoms with Crippen LogP contribution in [0.15, 0.2) is 30.3 Å². The molecule has 31 heavy (non-hydrogen) atoms. The van der Waals surface area contributed by atoms with E-state index in [0.717, 1.165) is 36.9 Å². The molecule has 1 aliphatic carbocycles. The summed E-state index contributed by atoms with van der Waals surface area (Å²) in [6.07, 6.45) is 5.46. The molecule has 0 spiro atoms. The Morgan fingerprint density at radius 2 is 1.97 bits per heavy atom. The standard InChI is InChI=1S/C24H31ClN4O2/c1-16(2)20-13-21-22(30)28(14-17-9-7-8-12-19(17)25)24(3,15-29(21)27-20)23(31)26-18-10-5-4-6-11-18/h7-9,12-13,16,18H,4-6,10-11,14-15H2,1-3H3,(H,26,31)/t24-/m0/s1. The summed E-state index contributed by atoms with van der Waals surface area (Å²) >= 11 is 6.41. The monoisotopic (exact) mass is 442 g/mol. The second kappa shape index (κ2) is 8.65. The molecular formula is C24H31ClN4O2. The largest absolute Gasteiger partial charge is 0.351 e. The number of carbonyl (C=O) groups excluding carboxylic acids is 2. The average molecular weight is 443 g/mol. The fourth-order valence-corrected chi connectivity index (χ4v) is 4.77. The molecule has 1 fully saturated rings. The minimum absolute atomic E-state index is 0.118. The minimum atomic E-state index is -1.05. The van der Waals surface area contributed by atoms with Crippen molar-refractivity contribution in [2.75, 3.05) is 0 Å². The van der Waals surface area contributed by atoms with Crippen LogP contribution >= 0.6 is 11.6 Å². The smallest absolute Gasteiger partial charge is 0.273 e. The topological polar surface area (TPSA) is 67.2 Å². The lowest BCUT2D eigenvalue weighted by atomic mass is 9.91. The number of benzene rings is 1. The zero-order chi connectivity index (χ0) is 22.2. The van der Waals surface area contributed by atoms with Crippen molar-refractivity contribution in [3.05, 3.63) is 52.3 Å². The Balaban J connectivity index is 1.70. The Morgan fingerprint density at radius 3 is 2.65 bits per heavy atom. The maximum absolute atomic E-state index is 13.6. The van der Waals surface area contributed by atoms with Crippen molar-refractivity contribution in [1.29, 1.82) is 0 Å². The summed E-state index contributed by atoms with van der Waals surface area (Å²) in [5, 5.41) is 8.47. The fraction of sp³-hybridized carbons (Fsp3) is 0.542. The van der Waals surface area contributed by atoms with Crippen LogP contribution in [0.5, 0.6) is 0 Å². The maximum Gasteiger partial charge on any atom is 0.273 e. The molecule has 0 saturated heterocycles. The highest BCUT2D eigenvalue weighted by Gasteiger charge is 2.48. The van der Waals surface area contributed by atoms with E-state index in [1.807, 2.05) is 37.3 Å². The second-order valence-corrected chi connectivity index (χ2v) is 9.74. The fourth-order valence-electron chi connectivity index (χ4n) is 4.58. The van der Waals surface area contributed by atoms with Crippen molar-refractivity contribution < 1.29 is 9.59 Å². The van der Waals surface area contributed by atoms with Crippen LogP contribution in [0, 0.1) is 0 Å². The highest BCUT2D eigenvalue weighted by Crippen LogP contribution is 2.32. The summed E-state index contributed by atoms with van der Waals surface area (Å²) in [5.41, 5.74) is 1.16. The summed E-state index contributed by atoms with van der Waals surface area (Å²) in [6.45, 7) is 6.54. The van der Waals surface area contributed by atoms with Gasteiger partial charge in [0.25, 0.3) is 5.91 Å². The number of fused-ring (bicyclic) bond motifs is 1. The molecule has 1 atom stereocenters. The zero-order valence-electron chi connectivity index (χ0n) is 18.5. The number of carbonyl (C=O) groups is 2. The van der Waals surface area contributed by atoms with Crippen molar-refractivity contribution in [3.63, 3.8) is 0 Å². The maximum atomic E-state index is 13.6. The third-order valence-electron chi connectivity index (χ3n) is 6.62. The Morgan fingerprint density at radius 1 is 1.26 bits per heavy atom. The van der Waals surface area contributed by atoms with Crippen LogP contribution < -0.4 is 5.32 Å². The number of nitrogens with zero attached hydrogens (tertiary/aromatic N) is 3. The van der Waals surface area contributed by atoms with Gasteiger partial charge < -0.3 is 10.2 Å². The third kappa shape index (κ3) is 4.22. The van der Waals surface area contributed by atoms with Crippen molar-refractivity contribution in [2.24, 2.45) is 0 Å². The minimum Gasteiger partial charge on any atom is -0.351 e. The Hall–Kier alpha value is -2.34. The van der Waals surface area contributed by atoms with Gasteiger partial charge >= 0.3 is 0 Å². The predicted octanol–water partition coefficient (Wildman–Crippen LogP) is 4.52. The highest BCUT2D eigenvalue weighted by atomic mass is 35.5. The second-order valence-electron chi connectivity index (χ2n) is 9.33. The van der Waals surface area contributed by atoms with Gasteiger partial charge in [-0.05, 0) is 43.4 Å². The number of rotatable bonds is 5. The van der Waals surface area contributed by atoms with Crippen LogP contribution in [0.4, 0.5) is 0 Å². The summed E-state index contributed by atoms with van der Waals surface area (Å²) in [4.78, 5) is 28.9. The summed E-state index contributed by atoms with van der Waals surface area (Å²) in [5.74, 6) is -0.107. The van der Waals surface area contributed by atoms with E-state index in [4.69, 9.17) is 11.6 Å². The summed E-state index contributed by atoms with van der Waals surface area (Å²) in [7, 11) is 0. The van der Waals surface area contributed by atoms with Crippen LogP contribution in [-0.4, -0.2) is 38.1 Å². The van der Waals surface area contributed by atoms with Gasteiger partial charge in [-0.1, -0.05) is 62.9 Å². The molecule has 0 bridgehead atoms. The van der Waals surface area contributed by atoms with Gasteiger partial charge in [-0.15, -0.1) is 0 Å². The van der Waals surface area contributed by atoms with Crippen LogP contribution in [0.3, 0.4) is 0 Å². The van der Waals surface area contributed by atoms with E-state index in [9.17, 15) is 9.59 Å². The molecule has 2 aromatic rings. The summed E-state index contributed by atoms with van der Waals surface area (Å²) in [6, 6.07) is 9.50. The normalized spacial score (nSPS) is 22.0. The molecule has 0 unspecified atom stereocenters. The molecule has 2 aliphatic rings. The first-order valence-corrected chi connectivity index (χ1v) is 11.6. The number of hydrogen-bond acceptors (Lipinski definition) is 3. The van der Waals surface area contributed by atoms with Crippen molar-refractivity contribution >= 4 is 23.4 Å². The van der Waals surface area contributed by atoms with Gasteiger partial charge in [0.15, 0.2) is 0 Å². The Labute approximate surface area is 188 Å². The van der Waals surface area contributed by atoms with Gasteiger partial charge in [-0.2, -0.15) is 5.10 Å². The van der Waals surface area contributed by atoms with Gasteiger partial charge in [0.2, 0.25) is 5.91 Å². The zero-order valence-corrected chi connectivity index (χ0v) is 19.3. The predicted molar refractivity (Wildman–Crippen MR) is 121 cm³/mol. The van der Waals surface area contributed by atoms with Gasteiger partial charge in [-0.3, -0.25) is 14.3 Å². The summed E-state index contributed by atoms with van der Waals surface area (Å²) < 4.78 is 1.71. The molecule has 1 N–H and O–H groups in total. The number of amides is 2. The van der Waals surface area contributed by atoms with E-state index in [1.54, 1.807) is 9.58 Å². The quantitative estimate of drug-likeness (QED) is 0.740. The van der Waals surface area contributed by atoms with Gasteiger partial charge in [0.05, 0.1) is 12.2 Å². The number of hydrogen-bond donors (Lipinski definition) is 1. The molecule has 1 aromatic carbocycles. The number of halogens is 1.